The fourth-order valence-electron chi connectivity index (χ4n) is 1.69. The lowest BCUT2D eigenvalue weighted by Gasteiger charge is -2.10. The molecule has 0 saturated heterocycles. The molecule has 3 N–H and O–H groups in total. The molecule has 6 heteroatoms. The minimum Gasteiger partial charge on any atom is -0.392 e. The molecule has 0 bridgehead atoms. The number of amides is 1. The first-order valence-electron chi connectivity index (χ1n) is 6.16. The largest absolute Gasteiger partial charge is 0.392 e. The van der Waals surface area contributed by atoms with Crippen molar-refractivity contribution in [3.8, 4) is 0 Å². The molecule has 0 spiro atoms. The van der Waals surface area contributed by atoms with Crippen molar-refractivity contribution in [1.29, 1.82) is 0 Å². The smallest absolute Gasteiger partial charge is 0.257 e. The van der Waals surface area contributed by atoms with Crippen LogP contribution in [0, 0.1) is 0 Å². The molecule has 21 heavy (non-hydrogen) atoms. The Hall–Kier alpha value is -1.95. The summed E-state index contributed by atoms with van der Waals surface area (Å²) in [5.74, 6) is -0.317. The summed E-state index contributed by atoms with van der Waals surface area (Å²) < 4.78 is 0. The summed E-state index contributed by atoms with van der Waals surface area (Å²) >= 11 is 10.9. The molecule has 1 amide bonds. The van der Waals surface area contributed by atoms with Gasteiger partial charge in [0.25, 0.3) is 5.91 Å². The zero-order valence-corrected chi connectivity index (χ0v) is 12.5. The fraction of sp³-hybridized carbons (Fsp3) is 0.0667. The van der Waals surface area contributed by atoms with E-state index in [-0.39, 0.29) is 17.6 Å². The van der Waals surface area contributed by atoms with Gasteiger partial charge in [-0.1, -0.05) is 23.7 Å². The van der Waals surface area contributed by atoms with Crippen molar-refractivity contribution in [2.24, 2.45) is 0 Å². The summed E-state index contributed by atoms with van der Waals surface area (Å²) in [6, 6.07) is 13.6. The van der Waals surface area contributed by atoms with Crippen LogP contribution < -0.4 is 10.6 Å². The Morgan fingerprint density at radius 2 is 1.90 bits per heavy atom. The Balaban J connectivity index is 1.97. The summed E-state index contributed by atoms with van der Waals surface area (Å²) in [7, 11) is 0. The van der Waals surface area contributed by atoms with E-state index in [1.807, 2.05) is 0 Å². The van der Waals surface area contributed by atoms with Gasteiger partial charge in [-0.25, -0.2) is 0 Å². The van der Waals surface area contributed by atoms with E-state index in [0.29, 0.717) is 16.3 Å². The standard InChI is InChI=1S/C15H13ClN2O2S/c16-12-6-4-11(5-7-12)14(20)18-15(21)17-13-3-1-2-10(8-13)9-19/h1-8,19H,9H2,(H2,17,18,20,21). The molecular weight excluding hydrogens is 308 g/mol. The Labute approximate surface area is 132 Å². The first-order valence-corrected chi connectivity index (χ1v) is 6.95. The number of thiocarbonyl (C=S) groups is 1. The second-order valence-corrected chi connectivity index (χ2v) is 5.12. The molecule has 108 valence electrons. The van der Waals surface area contributed by atoms with Crippen LogP contribution in [0.2, 0.25) is 5.02 Å². The van der Waals surface area contributed by atoms with Crippen molar-refractivity contribution in [2.45, 2.75) is 6.61 Å². The normalized spacial score (nSPS) is 10.0. The first-order chi connectivity index (χ1) is 10.1. The van der Waals surface area contributed by atoms with E-state index in [1.54, 1.807) is 48.5 Å². The minimum absolute atomic E-state index is 0.0561. The monoisotopic (exact) mass is 320 g/mol. The predicted octanol–water partition coefficient (Wildman–Crippen LogP) is 2.96. The van der Waals surface area contributed by atoms with E-state index in [0.717, 1.165) is 5.56 Å². The Kier molecular flexibility index (Phi) is 5.27. The van der Waals surface area contributed by atoms with Crippen LogP contribution in [0.25, 0.3) is 0 Å². The summed E-state index contributed by atoms with van der Waals surface area (Å²) in [5, 5.41) is 15.3. The molecule has 0 aliphatic carbocycles. The van der Waals surface area contributed by atoms with Crippen LogP contribution in [-0.2, 0) is 6.61 Å². The van der Waals surface area contributed by atoms with Gasteiger partial charge in [-0.3, -0.25) is 10.1 Å². The maximum Gasteiger partial charge on any atom is 0.257 e. The quantitative estimate of drug-likeness (QED) is 0.761. The molecule has 0 aliphatic rings. The third-order valence-corrected chi connectivity index (χ3v) is 3.16. The highest BCUT2D eigenvalue weighted by molar-refractivity contribution is 7.80. The van der Waals surface area contributed by atoms with Crippen LogP contribution in [0.3, 0.4) is 0 Å². The lowest BCUT2D eigenvalue weighted by Crippen LogP contribution is -2.34. The number of halogens is 1. The van der Waals surface area contributed by atoms with Gasteiger partial charge in [0.1, 0.15) is 0 Å². The maximum absolute atomic E-state index is 12.0. The van der Waals surface area contributed by atoms with Crippen molar-refractivity contribution >= 4 is 40.5 Å². The summed E-state index contributed by atoms with van der Waals surface area (Å²) in [4.78, 5) is 12.0. The van der Waals surface area contributed by atoms with E-state index in [4.69, 9.17) is 28.9 Å². The van der Waals surface area contributed by atoms with Gasteiger partial charge in [-0.15, -0.1) is 0 Å². The second-order valence-electron chi connectivity index (χ2n) is 4.27. The van der Waals surface area contributed by atoms with Crippen molar-refractivity contribution in [2.75, 3.05) is 5.32 Å². The van der Waals surface area contributed by atoms with Crippen LogP contribution in [0.4, 0.5) is 5.69 Å². The number of aliphatic hydroxyl groups excluding tert-OH is 1. The molecule has 2 aromatic rings. The molecular formula is C15H13ClN2O2S. The molecule has 2 rings (SSSR count). The van der Waals surface area contributed by atoms with Crippen LogP contribution in [-0.4, -0.2) is 16.1 Å². The summed E-state index contributed by atoms with van der Waals surface area (Å²) in [5.41, 5.74) is 1.92. The molecule has 2 aromatic carbocycles. The average Bonchev–Trinajstić information content (AvgIpc) is 2.47. The zero-order valence-electron chi connectivity index (χ0n) is 11.0. The van der Waals surface area contributed by atoms with Crippen molar-refractivity contribution < 1.29 is 9.90 Å². The number of carbonyl (C=O) groups excluding carboxylic acids is 1. The molecule has 0 saturated carbocycles. The van der Waals surface area contributed by atoms with Crippen LogP contribution in [0.1, 0.15) is 15.9 Å². The van der Waals surface area contributed by atoms with E-state index < -0.39 is 0 Å². The van der Waals surface area contributed by atoms with Gasteiger partial charge in [0.05, 0.1) is 6.61 Å². The minimum atomic E-state index is -0.317. The van der Waals surface area contributed by atoms with Crippen molar-refractivity contribution in [1.82, 2.24) is 5.32 Å². The average molecular weight is 321 g/mol. The number of aliphatic hydroxyl groups is 1. The molecule has 0 aliphatic heterocycles. The second kappa shape index (κ2) is 7.17. The Bertz CT molecular complexity index is 659. The number of rotatable bonds is 3. The van der Waals surface area contributed by atoms with E-state index in [1.165, 1.54) is 0 Å². The molecule has 0 heterocycles. The number of nitrogens with one attached hydrogen (secondary N) is 2. The number of anilines is 1. The van der Waals surface area contributed by atoms with E-state index >= 15 is 0 Å². The molecule has 0 radical (unpaired) electrons. The number of benzene rings is 2. The van der Waals surface area contributed by atoms with E-state index in [9.17, 15) is 4.79 Å². The van der Waals surface area contributed by atoms with E-state index in [2.05, 4.69) is 10.6 Å². The van der Waals surface area contributed by atoms with Gasteiger partial charge < -0.3 is 10.4 Å². The fourth-order valence-corrected chi connectivity index (χ4v) is 2.02. The van der Waals surface area contributed by atoms with Gasteiger partial charge in [0, 0.05) is 16.3 Å². The molecule has 0 fully saturated rings. The summed E-state index contributed by atoms with van der Waals surface area (Å²) in [6.45, 7) is -0.0561. The molecule has 4 nitrogen and oxygen atoms in total. The molecule has 0 atom stereocenters. The van der Waals surface area contributed by atoms with Gasteiger partial charge >= 0.3 is 0 Å². The van der Waals surface area contributed by atoms with Gasteiger partial charge in [0.2, 0.25) is 0 Å². The Morgan fingerprint density at radius 1 is 1.19 bits per heavy atom. The SMILES string of the molecule is O=C(NC(=S)Nc1cccc(CO)c1)c1ccc(Cl)cc1. The number of hydrogen-bond acceptors (Lipinski definition) is 3. The maximum atomic E-state index is 12.0. The van der Waals surface area contributed by atoms with Crippen LogP contribution in [0.5, 0.6) is 0 Å². The van der Waals surface area contributed by atoms with Crippen molar-refractivity contribution in [3.63, 3.8) is 0 Å². The highest BCUT2D eigenvalue weighted by atomic mass is 35.5. The van der Waals surface area contributed by atoms with Gasteiger partial charge in [-0.05, 0) is 54.2 Å². The highest BCUT2D eigenvalue weighted by Crippen LogP contribution is 2.11. The highest BCUT2D eigenvalue weighted by Gasteiger charge is 2.07. The van der Waals surface area contributed by atoms with Crippen LogP contribution in [0.15, 0.2) is 48.5 Å². The molecule has 0 unspecified atom stereocenters. The zero-order chi connectivity index (χ0) is 15.2. The number of hydrogen-bond donors (Lipinski definition) is 3. The topological polar surface area (TPSA) is 61.4 Å². The lowest BCUT2D eigenvalue weighted by atomic mass is 10.2. The predicted molar refractivity (Wildman–Crippen MR) is 87.5 cm³/mol. The van der Waals surface area contributed by atoms with Gasteiger partial charge in [-0.2, -0.15) is 0 Å². The van der Waals surface area contributed by atoms with Gasteiger partial charge in [0.15, 0.2) is 5.11 Å². The lowest BCUT2D eigenvalue weighted by molar-refractivity contribution is 0.0977. The first kappa shape index (κ1) is 15.4. The third-order valence-electron chi connectivity index (χ3n) is 2.70. The third kappa shape index (κ3) is 4.53. The molecule has 0 aromatic heterocycles. The van der Waals surface area contributed by atoms with Crippen LogP contribution >= 0.6 is 23.8 Å². The summed E-state index contributed by atoms with van der Waals surface area (Å²) in [6.07, 6.45) is 0. The van der Waals surface area contributed by atoms with Crippen molar-refractivity contribution in [3.05, 3.63) is 64.7 Å². The number of carbonyl (C=O) groups is 1. The Morgan fingerprint density at radius 3 is 2.57 bits per heavy atom.